The molecular weight excluding hydrogens is 394 g/mol. The Hall–Kier alpha value is -3.39. The zero-order chi connectivity index (χ0) is 20.4. The Morgan fingerprint density at radius 2 is 1.48 bits per heavy atom. The van der Waals surface area contributed by atoms with Gasteiger partial charge in [0.05, 0.1) is 24.8 Å². The van der Waals surface area contributed by atoms with Crippen molar-refractivity contribution in [1.82, 2.24) is 0 Å². The predicted molar refractivity (Wildman–Crippen MR) is 108 cm³/mol. The van der Waals surface area contributed by atoms with Crippen molar-refractivity contribution in [1.29, 1.82) is 0 Å². The van der Waals surface area contributed by atoms with E-state index in [0.717, 1.165) is 0 Å². The van der Waals surface area contributed by atoms with Gasteiger partial charge in [-0.1, -0.05) is 18.2 Å². The molecule has 3 aromatic carbocycles. The Bertz CT molecular complexity index is 1120. The minimum atomic E-state index is -3.80. The maximum Gasteiger partial charge on any atom is 0.261 e. The lowest BCUT2D eigenvalue weighted by Crippen LogP contribution is -2.13. The first-order valence-electron chi connectivity index (χ1n) is 8.75. The summed E-state index contributed by atoms with van der Waals surface area (Å²) in [4.78, 5) is 0.159. The smallest absolute Gasteiger partial charge is 0.261 e. The fourth-order valence-electron chi connectivity index (χ4n) is 3.03. The number of benzene rings is 3. The molecule has 7 nitrogen and oxygen atoms in total. The molecule has 1 aliphatic heterocycles. The summed E-state index contributed by atoms with van der Waals surface area (Å²) in [6, 6.07) is 16.8. The summed E-state index contributed by atoms with van der Waals surface area (Å²) in [6.07, 6.45) is 0. The number of methoxy groups -OCH3 is 2. The summed E-state index contributed by atoms with van der Waals surface area (Å²) >= 11 is 0. The average Bonchev–Trinajstić information content (AvgIpc) is 3.20. The van der Waals surface area contributed by atoms with Crippen molar-refractivity contribution in [2.24, 2.45) is 0 Å². The second-order valence-corrected chi connectivity index (χ2v) is 7.95. The van der Waals surface area contributed by atoms with Gasteiger partial charge in [-0.3, -0.25) is 4.72 Å². The SMILES string of the molecule is COc1cc(OC)cc(-c2cc3c(cc2NS(=O)(=O)c2ccccc2)OCO3)c1. The topological polar surface area (TPSA) is 83.1 Å². The van der Waals surface area contributed by atoms with E-state index < -0.39 is 10.0 Å². The minimum absolute atomic E-state index is 0.0745. The minimum Gasteiger partial charge on any atom is -0.497 e. The summed E-state index contributed by atoms with van der Waals surface area (Å²) in [5.41, 5.74) is 1.66. The summed E-state index contributed by atoms with van der Waals surface area (Å²) in [5, 5.41) is 0. The van der Waals surface area contributed by atoms with Crippen LogP contribution in [0, 0.1) is 0 Å². The van der Waals surface area contributed by atoms with Gasteiger partial charge in [0, 0.05) is 17.7 Å². The van der Waals surface area contributed by atoms with E-state index in [9.17, 15) is 8.42 Å². The predicted octanol–water partition coefficient (Wildman–Crippen LogP) is 3.90. The van der Waals surface area contributed by atoms with Crippen LogP contribution in [0.25, 0.3) is 11.1 Å². The first-order valence-corrected chi connectivity index (χ1v) is 10.2. The van der Waals surface area contributed by atoms with Crippen LogP contribution in [0.1, 0.15) is 0 Å². The molecule has 150 valence electrons. The fraction of sp³-hybridized carbons (Fsp3) is 0.143. The highest BCUT2D eigenvalue weighted by atomic mass is 32.2. The summed E-state index contributed by atoms with van der Waals surface area (Å²) in [5.74, 6) is 2.15. The molecule has 0 aliphatic carbocycles. The van der Waals surface area contributed by atoms with Crippen LogP contribution < -0.4 is 23.7 Å². The van der Waals surface area contributed by atoms with Crippen molar-refractivity contribution < 1.29 is 27.4 Å². The number of nitrogens with one attached hydrogen (secondary N) is 1. The van der Waals surface area contributed by atoms with Gasteiger partial charge in [0.2, 0.25) is 6.79 Å². The Kier molecular flexibility index (Phi) is 4.94. The van der Waals surface area contributed by atoms with Crippen LogP contribution in [0.5, 0.6) is 23.0 Å². The van der Waals surface area contributed by atoms with Crippen molar-refractivity contribution >= 4 is 15.7 Å². The normalized spacial score (nSPS) is 12.5. The molecule has 8 heteroatoms. The Labute approximate surface area is 168 Å². The van der Waals surface area contributed by atoms with Gasteiger partial charge in [0.15, 0.2) is 11.5 Å². The zero-order valence-electron chi connectivity index (χ0n) is 15.8. The molecule has 0 unspecified atom stereocenters. The zero-order valence-corrected chi connectivity index (χ0v) is 16.7. The molecule has 1 heterocycles. The highest BCUT2D eigenvalue weighted by Crippen LogP contribution is 2.43. The quantitative estimate of drug-likeness (QED) is 0.660. The second kappa shape index (κ2) is 7.56. The van der Waals surface area contributed by atoms with Gasteiger partial charge in [0.1, 0.15) is 11.5 Å². The third kappa shape index (κ3) is 3.79. The highest BCUT2D eigenvalue weighted by molar-refractivity contribution is 7.92. The number of anilines is 1. The van der Waals surface area contributed by atoms with E-state index in [1.807, 2.05) is 0 Å². The molecule has 0 saturated heterocycles. The number of ether oxygens (including phenoxy) is 4. The molecule has 0 radical (unpaired) electrons. The maximum atomic E-state index is 12.9. The van der Waals surface area contributed by atoms with Crippen LogP contribution in [0.15, 0.2) is 65.6 Å². The van der Waals surface area contributed by atoms with Gasteiger partial charge in [-0.2, -0.15) is 0 Å². The average molecular weight is 413 g/mol. The van der Waals surface area contributed by atoms with E-state index in [1.54, 1.807) is 62.8 Å². The summed E-state index contributed by atoms with van der Waals surface area (Å²) < 4.78 is 50.1. The van der Waals surface area contributed by atoms with Crippen LogP contribution >= 0.6 is 0 Å². The van der Waals surface area contributed by atoms with Crippen LogP contribution in [0.2, 0.25) is 0 Å². The van der Waals surface area contributed by atoms with Crippen LogP contribution in [-0.2, 0) is 10.0 Å². The Morgan fingerprint density at radius 3 is 2.10 bits per heavy atom. The largest absolute Gasteiger partial charge is 0.497 e. The van der Waals surface area contributed by atoms with Gasteiger partial charge in [-0.15, -0.1) is 0 Å². The second-order valence-electron chi connectivity index (χ2n) is 6.27. The van der Waals surface area contributed by atoms with Crippen molar-refractivity contribution in [3.8, 4) is 34.1 Å². The van der Waals surface area contributed by atoms with Gasteiger partial charge in [-0.05, 0) is 35.9 Å². The number of rotatable bonds is 6. The van der Waals surface area contributed by atoms with Gasteiger partial charge in [-0.25, -0.2) is 8.42 Å². The molecule has 0 atom stereocenters. The Morgan fingerprint density at radius 1 is 0.862 bits per heavy atom. The van der Waals surface area contributed by atoms with Crippen molar-refractivity contribution in [2.45, 2.75) is 4.90 Å². The van der Waals surface area contributed by atoms with Gasteiger partial charge >= 0.3 is 0 Å². The third-order valence-corrected chi connectivity index (χ3v) is 5.85. The molecule has 29 heavy (non-hydrogen) atoms. The third-order valence-electron chi connectivity index (χ3n) is 4.47. The Balaban J connectivity index is 1.85. The molecule has 0 amide bonds. The number of sulfonamides is 1. The van der Waals surface area contributed by atoms with Crippen LogP contribution in [0.4, 0.5) is 5.69 Å². The molecule has 1 aliphatic rings. The van der Waals surface area contributed by atoms with Crippen molar-refractivity contribution in [2.75, 3.05) is 25.7 Å². The lowest BCUT2D eigenvalue weighted by atomic mass is 10.0. The van der Waals surface area contributed by atoms with E-state index in [2.05, 4.69) is 4.72 Å². The van der Waals surface area contributed by atoms with Crippen molar-refractivity contribution in [3.05, 3.63) is 60.7 Å². The van der Waals surface area contributed by atoms with E-state index in [4.69, 9.17) is 18.9 Å². The molecule has 0 fully saturated rings. The standard InChI is InChI=1S/C21H19NO6S/c1-25-15-8-14(9-16(10-15)26-2)18-11-20-21(28-13-27-20)12-19(18)22-29(23,24)17-6-4-3-5-7-17/h3-12,22H,13H2,1-2H3. The van der Waals surface area contributed by atoms with Gasteiger partial charge in [0.25, 0.3) is 10.0 Å². The summed E-state index contributed by atoms with van der Waals surface area (Å²) in [6.45, 7) is 0.0745. The molecule has 0 saturated carbocycles. The lowest BCUT2D eigenvalue weighted by Gasteiger charge is -2.15. The molecule has 1 N–H and O–H groups in total. The molecule has 0 bridgehead atoms. The highest BCUT2D eigenvalue weighted by Gasteiger charge is 2.22. The molecular formula is C21H19NO6S. The first kappa shape index (κ1) is 18.9. The monoisotopic (exact) mass is 413 g/mol. The van der Waals surface area contributed by atoms with Gasteiger partial charge < -0.3 is 18.9 Å². The van der Waals surface area contributed by atoms with Crippen LogP contribution in [0.3, 0.4) is 0 Å². The van der Waals surface area contributed by atoms with E-state index in [1.165, 1.54) is 12.1 Å². The maximum absolute atomic E-state index is 12.9. The van der Waals surface area contributed by atoms with E-state index >= 15 is 0 Å². The van der Waals surface area contributed by atoms with E-state index in [0.29, 0.717) is 39.8 Å². The lowest BCUT2D eigenvalue weighted by molar-refractivity contribution is 0.174. The first-order chi connectivity index (χ1) is 14.0. The van der Waals surface area contributed by atoms with Crippen molar-refractivity contribution in [3.63, 3.8) is 0 Å². The molecule has 3 aromatic rings. The van der Waals surface area contributed by atoms with E-state index in [-0.39, 0.29) is 11.7 Å². The van der Waals surface area contributed by atoms with Crippen LogP contribution in [-0.4, -0.2) is 29.4 Å². The summed E-state index contributed by atoms with van der Waals surface area (Å²) in [7, 11) is -0.696. The molecule has 4 rings (SSSR count). The number of fused-ring (bicyclic) bond motifs is 1. The molecule has 0 aromatic heterocycles. The fourth-order valence-corrected chi connectivity index (χ4v) is 4.12. The number of hydrogen-bond donors (Lipinski definition) is 1. The number of hydrogen-bond acceptors (Lipinski definition) is 6. The molecule has 0 spiro atoms.